The molecule has 36 heavy (non-hydrogen) atoms. The minimum Gasteiger partial charge on any atom is -0.357 e. The number of benzene rings is 3. The van der Waals surface area contributed by atoms with Crippen molar-refractivity contribution in [3.63, 3.8) is 0 Å². The minimum atomic E-state index is -3.83. The maximum absolute atomic E-state index is 13.8. The lowest BCUT2D eigenvalue weighted by Gasteiger charge is -2.33. The highest BCUT2D eigenvalue weighted by Gasteiger charge is 2.32. The van der Waals surface area contributed by atoms with E-state index in [0.29, 0.717) is 15.6 Å². The van der Waals surface area contributed by atoms with Gasteiger partial charge in [0.1, 0.15) is 12.6 Å². The van der Waals surface area contributed by atoms with Crippen LogP contribution in [-0.2, 0) is 32.6 Å². The number of halogens is 2. The predicted octanol–water partition coefficient (Wildman–Crippen LogP) is 4.15. The number of sulfonamides is 1. The van der Waals surface area contributed by atoms with Gasteiger partial charge in [-0.1, -0.05) is 65.7 Å². The molecule has 0 fully saturated rings. The van der Waals surface area contributed by atoms with Gasteiger partial charge in [0, 0.05) is 30.1 Å². The molecular formula is C26H27Cl2N3O4S. The molecule has 0 spiro atoms. The van der Waals surface area contributed by atoms with E-state index in [2.05, 4.69) is 5.32 Å². The Morgan fingerprint density at radius 3 is 2.11 bits per heavy atom. The van der Waals surface area contributed by atoms with Gasteiger partial charge in [0.2, 0.25) is 21.8 Å². The van der Waals surface area contributed by atoms with Crippen molar-refractivity contribution in [2.75, 3.05) is 24.2 Å². The maximum Gasteiger partial charge on any atom is 0.244 e. The van der Waals surface area contributed by atoms with E-state index in [1.165, 1.54) is 24.1 Å². The lowest BCUT2D eigenvalue weighted by molar-refractivity contribution is -0.139. The van der Waals surface area contributed by atoms with Gasteiger partial charge in [0.15, 0.2) is 0 Å². The van der Waals surface area contributed by atoms with Crippen molar-refractivity contribution in [2.24, 2.45) is 0 Å². The van der Waals surface area contributed by atoms with Crippen LogP contribution in [0.5, 0.6) is 0 Å². The third kappa shape index (κ3) is 7.46. The molecule has 190 valence electrons. The Morgan fingerprint density at radius 2 is 1.53 bits per heavy atom. The van der Waals surface area contributed by atoms with E-state index in [9.17, 15) is 18.0 Å². The van der Waals surface area contributed by atoms with Gasteiger partial charge in [-0.15, -0.1) is 0 Å². The van der Waals surface area contributed by atoms with Crippen molar-refractivity contribution in [1.29, 1.82) is 0 Å². The van der Waals surface area contributed by atoms with Gasteiger partial charge in [-0.3, -0.25) is 13.9 Å². The Kier molecular flexibility index (Phi) is 9.37. The van der Waals surface area contributed by atoms with E-state index < -0.39 is 28.5 Å². The summed E-state index contributed by atoms with van der Waals surface area (Å²) >= 11 is 12.1. The Morgan fingerprint density at radius 1 is 0.889 bits per heavy atom. The summed E-state index contributed by atoms with van der Waals surface area (Å²) in [5, 5.41) is 3.55. The number of hydrogen-bond donors (Lipinski definition) is 1. The quantitative estimate of drug-likeness (QED) is 0.413. The molecule has 0 aliphatic carbocycles. The lowest BCUT2D eigenvalue weighted by atomic mass is 10.0. The fraction of sp³-hybridized carbons (Fsp3) is 0.231. The predicted molar refractivity (Wildman–Crippen MR) is 144 cm³/mol. The number of likely N-dealkylation sites (N-methyl/N-ethyl adjacent to an activating group) is 1. The largest absolute Gasteiger partial charge is 0.357 e. The maximum atomic E-state index is 13.8. The number of rotatable bonds is 10. The Labute approximate surface area is 221 Å². The van der Waals surface area contributed by atoms with Crippen molar-refractivity contribution in [2.45, 2.75) is 19.0 Å². The van der Waals surface area contributed by atoms with Crippen LogP contribution in [0, 0.1) is 0 Å². The van der Waals surface area contributed by atoms with Gasteiger partial charge in [0.25, 0.3) is 0 Å². The van der Waals surface area contributed by atoms with Gasteiger partial charge in [0.05, 0.1) is 11.9 Å². The number of carbonyl (C=O) groups is 2. The van der Waals surface area contributed by atoms with E-state index in [-0.39, 0.29) is 24.6 Å². The summed E-state index contributed by atoms with van der Waals surface area (Å²) in [5.41, 5.74) is 1.85. The van der Waals surface area contributed by atoms with E-state index in [1.54, 1.807) is 36.4 Å². The molecule has 3 aromatic rings. The minimum absolute atomic E-state index is 0.0581. The summed E-state index contributed by atoms with van der Waals surface area (Å²) in [6.07, 6.45) is 1.27. The number of carbonyl (C=O) groups excluding carboxylic acids is 2. The summed E-state index contributed by atoms with van der Waals surface area (Å²) in [5.74, 6) is -0.911. The van der Waals surface area contributed by atoms with E-state index in [1.807, 2.05) is 30.3 Å². The summed E-state index contributed by atoms with van der Waals surface area (Å²) in [4.78, 5) is 28.2. The number of anilines is 1. The van der Waals surface area contributed by atoms with Crippen LogP contribution in [0.3, 0.4) is 0 Å². The van der Waals surface area contributed by atoms with Crippen LogP contribution in [0.2, 0.25) is 10.0 Å². The molecule has 0 heterocycles. The smallest absolute Gasteiger partial charge is 0.244 e. The van der Waals surface area contributed by atoms with Crippen molar-refractivity contribution in [3.8, 4) is 0 Å². The molecule has 0 bridgehead atoms. The molecule has 1 N–H and O–H groups in total. The average Bonchev–Trinajstić information content (AvgIpc) is 2.84. The SMILES string of the molecule is CNC(=O)C(Cc1ccccc1)N(Cc1cccc(Cl)c1)C(=O)CN(c1ccc(Cl)cc1)S(C)(=O)=O. The molecule has 0 aliphatic heterocycles. The number of amides is 2. The summed E-state index contributed by atoms with van der Waals surface area (Å²) < 4.78 is 26.3. The normalized spacial score (nSPS) is 12.0. The first-order valence-corrected chi connectivity index (χ1v) is 13.7. The second-order valence-electron chi connectivity index (χ2n) is 8.22. The highest BCUT2D eigenvalue weighted by Crippen LogP contribution is 2.22. The molecule has 0 saturated carbocycles. The molecule has 0 aliphatic rings. The monoisotopic (exact) mass is 547 g/mol. The summed E-state index contributed by atoms with van der Waals surface area (Å²) in [7, 11) is -2.33. The zero-order chi connectivity index (χ0) is 26.3. The number of nitrogens with zero attached hydrogens (tertiary/aromatic N) is 2. The molecule has 10 heteroatoms. The first-order valence-electron chi connectivity index (χ1n) is 11.1. The fourth-order valence-electron chi connectivity index (χ4n) is 3.77. The lowest BCUT2D eigenvalue weighted by Crippen LogP contribution is -2.52. The number of hydrogen-bond acceptors (Lipinski definition) is 4. The second kappa shape index (κ2) is 12.3. The molecule has 1 unspecified atom stereocenters. The average molecular weight is 548 g/mol. The second-order valence-corrected chi connectivity index (χ2v) is 11.0. The first kappa shape index (κ1) is 27.5. The Bertz CT molecular complexity index is 1300. The third-order valence-electron chi connectivity index (χ3n) is 5.55. The van der Waals surface area contributed by atoms with Gasteiger partial charge >= 0.3 is 0 Å². The highest BCUT2D eigenvalue weighted by molar-refractivity contribution is 7.92. The van der Waals surface area contributed by atoms with Gasteiger partial charge in [-0.2, -0.15) is 0 Å². The first-order chi connectivity index (χ1) is 17.1. The van der Waals surface area contributed by atoms with Crippen LogP contribution in [0.25, 0.3) is 0 Å². The van der Waals surface area contributed by atoms with E-state index >= 15 is 0 Å². The topological polar surface area (TPSA) is 86.8 Å². The standard InChI is InChI=1S/C26H27Cl2N3O4S/c1-29-26(33)24(16-19-7-4-3-5-8-19)30(17-20-9-6-10-22(28)15-20)25(32)18-31(36(2,34)35)23-13-11-21(27)12-14-23/h3-15,24H,16-18H2,1-2H3,(H,29,33). The van der Waals surface area contributed by atoms with Crippen LogP contribution in [0.1, 0.15) is 11.1 Å². The molecule has 0 aromatic heterocycles. The van der Waals surface area contributed by atoms with Gasteiger partial charge in [-0.05, 0) is 47.5 Å². The van der Waals surface area contributed by atoms with E-state index in [0.717, 1.165) is 16.1 Å². The van der Waals surface area contributed by atoms with Crippen LogP contribution in [0.15, 0.2) is 78.9 Å². The summed E-state index contributed by atoms with van der Waals surface area (Å²) in [6.45, 7) is -0.439. The molecule has 2 amide bonds. The fourth-order valence-corrected chi connectivity index (χ4v) is 4.96. The molecule has 0 radical (unpaired) electrons. The zero-order valence-electron chi connectivity index (χ0n) is 19.9. The van der Waals surface area contributed by atoms with E-state index in [4.69, 9.17) is 23.2 Å². The van der Waals surface area contributed by atoms with Crippen molar-refractivity contribution >= 4 is 50.7 Å². The van der Waals surface area contributed by atoms with Crippen LogP contribution in [-0.4, -0.2) is 51.0 Å². The molecular weight excluding hydrogens is 521 g/mol. The van der Waals surface area contributed by atoms with Crippen LogP contribution >= 0.6 is 23.2 Å². The zero-order valence-corrected chi connectivity index (χ0v) is 22.2. The van der Waals surface area contributed by atoms with Crippen LogP contribution < -0.4 is 9.62 Å². The molecule has 0 saturated heterocycles. The van der Waals surface area contributed by atoms with Crippen molar-refractivity contribution in [1.82, 2.24) is 10.2 Å². The van der Waals surface area contributed by atoms with Gasteiger partial charge < -0.3 is 10.2 Å². The van der Waals surface area contributed by atoms with Crippen molar-refractivity contribution < 1.29 is 18.0 Å². The summed E-state index contributed by atoms with van der Waals surface area (Å²) in [6, 6.07) is 21.5. The Hall–Kier alpha value is -3.07. The third-order valence-corrected chi connectivity index (χ3v) is 7.18. The molecule has 3 rings (SSSR count). The molecule has 1 atom stereocenters. The Balaban J connectivity index is 2.02. The highest BCUT2D eigenvalue weighted by atomic mass is 35.5. The number of nitrogens with one attached hydrogen (secondary N) is 1. The molecule has 3 aromatic carbocycles. The molecule has 7 nitrogen and oxygen atoms in total. The van der Waals surface area contributed by atoms with Gasteiger partial charge in [-0.25, -0.2) is 8.42 Å². The van der Waals surface area contributed by atoms with Crippen molar-refractivity contribution in [3.05, 3.63) is 100 Å². The van der Waals surface area contributed by atoms with Crippen LogP contribution in [0.4, 0.5) is 5.69 Å².